The van der Waals surface area contributed by atoms with Crippen LogP contribution >= 0.6 is 57.7 Å². The standard InChI is InChI=1S/C16H9Cl4N3S/c17-10-2-4-13(19)9(5-10)7-21-23-16-22-15(8-24-16)12-3-1-11(18)6-14(12)20/h1-8H,(H,22,23). The molecule has 0 atom stereocenters. The van der Waals surface area contributed by atoms with Crippen molar-refractivity contribution in [2.45, 2.75) is 0 Å². The van der Waals surface area contributed by atoms with Gasteiger partial charge in [0.15, 0.2) is 0 Å². The lowest BCUT2D eigenvalue weighted by Gasteiger charge is -2.01. The monoisotopic (exact) mass is 415 g/mol. The van der Waals surface area contributed by atoms with Gasteiger partial charge in [-0.3, -0.25) is 5.43 Å². The Morgan fingerprint density at radius 2 is 1.71 bits per heavy atom. The van der Waals surface area contributed by atoms with Crippen LogP contribution in [0.4, 0.5) is 5.13 Å². The van der Waals surface area contributed by atoms with Gasteiger partial charge in [0.25, 0.3) is 0 Å². The second-order valence-corrected chi connectivity index (χ2v) is 7.24. The number of hydrogen-bond acceptors (Lipinski definition) is 4. The summed E-state index contributed by atoms with van der Waals surface area (Å²) in [7, 11) is 0. The van der Waals surface area contributed by atoms with Crippen molar-refractivity contribution >= 4 is 69.1 Å². The Hall–Kier alpha value is -1.30. The van der Waals surface area contributed by atoms with E-state index in [0.29, 0.717) is 30.8 Å². The van der Waals surface area contributed by atoms with E-state index in [2.05, 4.69) is 15.5 Å². The molecule has 8 heteroatoms. The van der Waals surface area contributed by atoms with Crippen molar-refractivity contribution in [3.8, 4) is 11.3 Å². The van der Waals surface area contributed by atoms with Crippen LogP contribution < -0.4 is 5.43 Å². The van der Waals surface area contributed by atoms with Crippen molar-refractivity contribution in [1.29, 1.82) is 0 Å². The van der Waals surface area contributed by atoms with Crippen molar-refractivity contribution in [2.75, 3.05) is 5.43 Å². The van der Waals surface area contributed by atoms with Gasteiger partial charge < -0.3 is 0 Å². The van der Waals surface area contributed by atoms with Crippen LogP contribution in [0.25, 0.3) is 11.3 Å². The Morgan fingerprint density at radius 1 is 0.958 bits per heavy atom. The van der Waals surface area contributed by atoms with Gasteiger partial charge in [-0.05, 0) is 36.4 Å². The second-order valence-electron chi connectivity index (χ2n) is 4.70. The molecule has 3 rings (SSSR count). The SMILES string of the molecule is Clc1ccc(-c2csc(NN=Cc3cc(Cl)ccc3Cl)n2)c(Cl)c1. The van der Waals surface area contributed by atoms with Crippen LogP contribution in [0, 0.1) is 0 Å². The maximum absolute atomic E-state index is 6.19. The fourth-order valence-corrected chi connectivity index (χ4v) is 3.43. The van der Waals surface area contributed by atoms with Crippen LogP contribution in [-0.4, -0.2) is 11.2 Å². The number of hydrazone groups is 1. The quantitative estimate of drug-likeness (QED) is 0.372. The van der Waals surface area contributed by atoms with Gasteiger partial charge in [0.05, 0.1) is 16.9 Å². The molecule has 1 heterocycles. The van der Waals surface area contributed by atoms with Gasteiger partial charge in [-0.2, -0.15) is 5.10 Å². The molecule has 0 saturated carbocycles. The summed E-state index contributed by atoms with van der Waals surface area (Å²) < 4.78 is 0. The van der Waals surface area contributed by atoms with Gasteiger partial charge >= 0.3 is 0 Å². The Bertz CT molecular complexity index is 908. The van der Waals surface area contributed by atoms with Crippen LogP contribution in [0.2, 0.25) is 20.1 Å². The minimum atomic E-state index is 0.550. The number of anilines is 1. The summed E-state index contributed by atoms with van der Waals surface area (Å²) in [4.78, 5) is 4.45. The first-order valence-corrected chi connectivity index (χ1v) is 9.07. The molecule has 3 aromatic rings. The molecule has 0 aliphatic heterocycles. The maximum Gasteiger partial charge on any atom is 0.203 e. The predicted octanol–water partition coefficient (Wildman–Crippen LogP) is 6.87. The first-order chi connectivity index (χ1) is 11.5. The number of hydrogen-bond donors (Lipinski definition) is 1. The number of nitrogens with one attached hydrogen (secondary N) is 1. The summed E-state index contributed by atoms with van der Waals surface area (Å²) in [6.45, 7) is 0. The molecule has 0 spiro atoms. The van der Waals surface area contributed by atoms with E-state index >= 15 is 0 Å². The van der Waals surface area contributed by atoms with Gasteiger partial charge in [-0.1, -0.05) is 46.4 Å². The molecule has 2 aromatic carbocycles. The van der Waals surface area contributed by atoms with Crippen LogP contribution in [-0.2, 0) is 0 Å². The summed E-state index contributed by atoms with van der Waals surface area (Å²) in [5, 5.41) is 8.94. The molecular weight excluding hydrogens is 408 g/mol. The first kappa shape index (κ1) is 17.5. The van der Waals surface area contributed by atoms with Crippen LogP contribution in [0.3, 0.4) is 0 Å². The van der Waals surface area contributed by atoms with Crippen LogP contribution in [0.1, 0.15) is 5.56 Å². The van der Waals surface area contributed by atoms with E-state index in [9.17, 15) is 0 Å². The fraction of sp³-hybridized carbons (Fsp3) is 0. The van der Waals surface area contributed by atoms with Gasteiger partial charge in [0.2, 0.25) is 5.13 Å². The molecule has 1 aromatic heterocycles. The molecule has 3 nitrogen and oxygen atoms in total. The highest BCUT2D eigenvalue weighted by Crippen LogP contribution is 2.32. The molecule has 0 aliphatic carbocycles. The van der Waals surface area contributed by atoms with Gasteiger partial charge in [0.1, 0.15) is 0 Å². The number of thiazole rings is 1. The summed E-state index contributed by atoms with van der Waals surface area (Å²) in [6.07, 6.45) is 1.59. The average molecular weight is 417 g/mol. The normalized spacial score (nSPS) is 11.2. The smallest absolute Gasteiger partial charge is 0.203 e. The average Bonchev–Trinajstić information content (AvgIpc) is 2.99. The molecule has 0 unspecified atom stereocenters. The first-order valence-electron chi connectivity index (χ1n) is 6.68. The van der Waals surface area contributed by atoms with Crippen molar-refractivity contribution in [2.24, 2.45) is 5.10 Å². The highest BCUT2D eigenvalue weighted by Gasteiger charge is 2.08. The van der Waals surface area contributed by atoms with Gasteiger partial charge in [-0.15, -0.1) is 11.3 Å². The second kappa shape index (κ2) is 7.72. The summed E-state index contributed by atoms with van der Waals surface area (Å²) in [5.74, 6) is 0. The zero-order valence-electron chi connectivity index (χ0n) is 11.9. The Morgan fingerprint density at radius 3 is 2.50 bits per heavy atom. The topological polar surface area (TPSA) is 37.3 Å². The zero-order valence-corrected chi connectivity index (χ0v) is 15.8. The van der Waals surface area contributed by atoms with Gasteiger partial charge in [0, 0.05) is 31.6 Å². The zero-order chi connectivity index (χ0) is 17.1. The van der Waals surface area contributed by atoms with Crippen molar-refractivity contribution < 1.29 is 0 Å². The van der Waals surface area contributed by atoms with E-state index in [-0.39, 0.29) is 0 Å². The molecule has 122 valence electrons. The van der Waals surface area contributed by atoms with Crippen molar-refractivity contribution in [3.63, 3.8) is 0 Å². The van der Waals surface area contributed by atoms with E-state index in [4.69, 9.17) is 46.4 Å². The number of nitrogens with zero attached hydrogens (tertiary/aromatic N) is 2. The lowest BCUT2D eigenvalue weighted by atomic mass is 10.2. The summed E-state index contributed by atoms with van der Waals surface area (Å²) >= 11 is 25.5. The lowest BCUT2D eigenvalue weighted by molar-refractivity contribution is 1.29. The lowest BCUT2D eigenvalue weighted by Crippen LogP contribution is -1.91. The number of rotatable bonds is 4. The molecule has 0 aliphatic rings. The third-order valence-corrected chi connectivity index (χ3v) is 4.91. The van der Waals surface area contributed by atoms with E-state index in [0.717, 1.165) is 11.3 Å². The minimum absolute atomic E-state index is 0.550. The molecule has 0 radical (unpaired) electrons. The minimum Gasteiger partial charge on any atom is -0.253 e. The number of halogens is 4. The van der Waals surface area contributed by atoms with E-state index < -0.39 is 0 Å². The maximum atomic E-state index is 6.19. The molecule has 0 saturated heterocycles. The highest BCUT2D eigenvalue weighted by atomic mass is 35.5. The molecule has 0 amide bonds. The third kappa shape index (κ3) is 4.21. The third-order valence-electron chi connectivity index (χ3n) is 3.03. The Balaban J connectivity index is 1.74. The van der Waals surface area contributed by atoms with E-state index in [1.165, 1.54) is 11.3 Å². The van der Waals surface area contributed by atoms with E-state index in [1.54, 1.807) is 36.5 Å². The number of benzene rings is 2. The number of aromatic nitrogens is 1. The fourth-order valence-electron chi connectivity index (χ4n) is 1.92. The van der Waals surface area contributed by atoms with Gasteiger partial charge in [-0.25, -0.2) is 4.98 Å². The molecule has 24 heavy (non-hydrogen) atoms. The van der Waals surface area contributed by atoms with E-state index in [1.807, 2.05) is 11.4 Å². The molecule has 1 N–H and O–H groups in total. The molecule has 0 bridgehead atoms. The van der Waals surface area contributed by atoms with Crippen LogP contribution in [0.5, 0.6) is 0 Å². The molecule has 0 fully saturated rings. The summed E-state index contributed by atoms with van der Waals surface area (Å²) in [5.41, 5.74) is 5.15. The van der Waals surface area contributed by atoms with Crippen LogP contribution in [0.15, 0.2) is 46.9 Å². The Labute approximate surface area is 162 Å². The van der Waals surface area contributed by atoms with Crippen molar-refractivity contribution in [1.82, 2.24) is 4.98 Å². The van der Waals surface area contributed by atoms with Crippen molar-refractivity contribution in [3.05, 3.63) is 67.4 Å². The largest absolute Gasteiger partial charge is 0.253 e. The Kier molecular flexibility index (Phi) is 5.64. The summed E-state index contributed by atoms with van der Waals surface area (Å²) in [6, 6.07) is 10.5. The highest BCUT2D eigenvalue weighted by molar-refractivity contribution is 7.14. The predicted molar refractivity (Wildman–Crippen MR) is 105 cm³/mol. The molecular formula is C16H9Cl4N3S.